The molecule has 0 spiro atoms. The summed E-state index contributed by atoms with van der Waals surface area (Å²) in [5, 5.41) is 3.42. The van der Waals surface area contributed by atoms with E-state index in [2.05, 4.69) is 20.2 Å². The molecule has 2 heterocycles. The molecule has 1 amide bonds. The van der Waals surface area contributed by atoms with Crippen LogP contribution in [-0.2, 0) is 4.79 Å². The van der Waals surface area contributed by atoms with E-state index < -0.39 is 0 Å². The summed E-state index contributed by atoms with van der Waals surface area (Å²) in [6.45, 7) is 3.55. The van der Waals surface area contributed by atoms with Crippen molar-refractivity contribution >= 4 is 23.3 Å². The van der Waals surface area contributed by atoms with E-state index >= 15 is 0 Å². The SMILES string of the molecule is CCC(=O)N[C@H]1CCCN(c2cncc(Cl)n2)C1. The average molecular weight is 269 g/mol. The number of piperidine rings is 1. The Kier molecular flexibility index (Phi) is 4.36. The predicted octanol–water partition coefficient (Wildman–Crippen LogP) is 1.62. The van der Waals surface area contributed by atoms with Crippen molar-refractivity contribution in [2.24, 2.45) is 0 Å². The molecule has 1 aromatic heterocycles. The van der Waals surface area contributed by atoms with E-state index in [4.69, 9.17) is 11.6 Å². The van der Waals surface area contributed by atoms with Crippen molar-refractivity contribution in [3.63, 3.8) is 0 Å². The Morgan fingerprint density at radius 2 is 2.44 bits per heavy atom. The molecule has 1 aliphatic rings. The van der Waals surface area contributed by atoms with Gasteiger partial charge in [0.05, 0.1) is 12.4 Å². The molecule has 0 saturated carbocycles. The first-order chi connectivity index (χ1) is 8.69. The van der Waals surface area contributed by atoms with Crippen LogP contribution in [0.15, 0.2) is 12.4 Å². The van der Waals surface area contributed by atoms with Crippen LogP contribution in [0.1, 0.15) is 26.2 Å². The number of carbonyl (C=O) groups excluding carboxylic acids is 1. The maximum Gasteiger partial charge on any atom is 0.219 e. The Balaban J connectivity index is 2.00. The van der Waals surface area contributed by atoms with E-state index in [0.717, 1.165) is 31.7 Å². The topological polar surface area (TPSA) is 58.1 Å². The van der Waals surface area contributed by atoms with Crippen LogP contribution in [0.4, 0.5) is 5.82 Å². The first-order valence-corrected chi connectivity index (χ1v) is 6.58. The molecule has 5 nitrogen and oxygen atoms in total. The summed E-state index contributed by atoms with van der Waals surface area (Å²) >= 11 is 5.84. The zero-order valence-corrected chi connectivity index (χ0v) is 11.2. The van der Waals surface area contributed by atoms with Gasteiger partial charge in [-0.05, 0) is 12.8 Å². The maximum atomic E-state index is 11.4. The van der Waals surface area contributed by atoms with Gasteiger partial charge in [0.15, 0.2) is 0 Å². The van der Waals surface area contributed by atoms with Crippen molar-refractivity contribution in [1.82, 2.24) is 15.3 Å². The molecule has 2 rings (SSSR count). The monoisotopic (exact) mass is 268 g/mol. The summed E-state index contributed by atoms with van der Waals surface area (Å²) in [5.41, 5.74) is 0. The minimum absolute atomic E-state index is 0.0963. The minimum atomic E-state index is 0.0963. The smallest absolute Gasteiger partial charge is 0.219 e. The Bertz CT molecular complexity index is 426. The summed E-state index contributed by atoms with van der Waals surface area (Å²) < 4.78 is 0. The second-order valence-corrected chi connectivity index (χ2v) is 4.79. The Morgan fingerprint density at radius 3 is 3.17 bits per heavy atom. The summed E-state index contributed by atoms with van der Waals surface area (Å²) in [7, 11) is 0. The molecular formula is C12H17ClN4O. The molecule has 1 saturated heterocycles. The summed E-state index contributed by atoms with van der Waals surface area (Å²) in [5.74, 6) is 0.872. The Labute approximate surface area is 112 Å². The molecule has 0 unspecified atom stereocenters. The van der Waals surface area contributed by atoms with Gasteiger partial charge in [-0.25, -0.2) is 4.98 Å². The number of hydrogen-bond donors (Lipinski definition) is 1. The molecule has 1 aliphatic heterocycles. The minimum Gasteiger partial charge on any atom is -0.353 e. The Morgan fingerprint density at radius 1 is 1.61 bits per heavy atom. The number of halogens is 1. The summed E-state index contributed by atoms with van der Waals surface area (Å²) in [6.07, 6.45) is 5.79. The van der Waals surface area contributed by atoms with Gasteiger partial charge in [-0.3, -0.25) is 9.78 Å². The third-order valence-corrected chi connectivity index (χ3v) is 3.21. The van der Waals surface area contributed by atoms with Gasteiger partial charge >= 0.3 is 0 Å². The van der Waals surface area contributed by atoms with Crippen LogP contribution >= 0.6 is 11.6 Å². The number of carbonyl (C=O) groups is 1. The average Bonchev–Trinajstić information content (AvgIpc) is 2.39. The fourth-order valence-corrected chi connectivity index (χ4v) is 2.26. The lowest BCUT2D eigenvalue weighted by atomic mass is 10.1. The van der Waals surface area contributed by atoms with Crippen molar-refractivity contribution < 1.29 is 4.79 Å². The molecule has 1 fully saturated rings. The van der Waals surface area contributed by atoms with Crippen LogP contribution in [0.3, 0.4) is 0 Å². The lowest BCUT2D eigenvalue weighted by molar-refractivity contribution is -0.121. The molecule has 1 aromatic rings. The molecule has 0 aliphatic carbocycles. The van der Waals surface area contributed by atoms with E-state index in [1.807, 2.05) is 6.92 Å². The van der Waals surface area contributed by atoms with Crippen molar-refractivity contribution in [1.29, 1.82) is 0 Å². The fourth-order valence-electron chi connectivity index (χ4n) is 2.12. The molecular weight excluding hydrogens is 252 g/mol. The summed E-state index contributed by atoms with van der Waals surface area (Å²) in [6, 6.07) is 0.187. The number of hydrogen-bond acceptors (Lipinski definition) is 4. The summed E-state index contributed by atoms with van der Waals surface area (Å²) in [4.78, 5) is 21.8. The number of anilines is 1. The lowest BCUT2D eigenvalue weighted by Gasteiger charge is -2.33. The first-order valence-electron chi connectivity index (χ1n) is 6.21. The molecule has 98 valence electrons. The lowest BCUT2D eigenvalue weighted by Crippen LogP contribution is -2.48. The van der Waals surface area contributed by atoms with Crippen molar-refractivity contribution in [3.05, 3.63) is 17.5 Å². The normalized spacial score (nSPS) is 19.7. The number of aromatic nitrogens is 2. The first kappa shape index (κ1) is 13.1. The predicted molar refractivity (Wildman–Crippen MR) is 70.7 cm³/mol. The molecule has 6 heteroatoms. The zero-order valence-electron chi connectivity index (χ0n) is 10.4. The van der Waals surface area contributed by atoms with Crippen molar-refractivity contribution in [2.75, 3.05) is 18.0 Å². The van der Waals surface area contributed by atoms with Gasteiger partial charge in [0.1, 0.15) is 11.0 Å². The zero-order chi connectivity index (χ0) is 13.0. The van der Waals surface area contributed by atoms with Gasteiger partial charge in [0.2, 0.25) is 5.91 Å². The molecule has 1 N–H and O–H groups in total. The molecule has 1 atom stereocenters. The quantitative estimate of drug-likeness (QED) is 0.905. The van der Waals surface area contributed by atoms with Crippen LogP contribution in [-0.4, -0.2) is 35.0 Å². The second-order valence-electron chi connectivity index (χ2n) is 4.41. The third kappa shape index (κ3) is 3.32. The standard InChI is InChI=1S/C12H17ClN4O/c1-2-12(18)15-9-4-3-5-17(8-9)11-7-14-6-10(13)16-11/h6-7,9H,2-5,8H2,1H3,(H,15,18)/t9-/m0/s1. The number of amides is 1. The Hall–Kier alpha value is -1.36. The van der Waals surface area contributed by atoms with Gasteiger partial charge in [-0.15, -0.1) is 0 Å². The fraction of sp³-hybridized carbons (Fsp3) is 0.583. The number of rotatable bonds is 3. The molecule has 0 aromatic carbocycles. The van der Waals surface area contributed by atoms with Gasteiger partial charge in [0, 0.05) is 25.6 Å². The van der Waals surface area contributed by atoms with E-state index in [0.29, 0.717) is 11.6 Å². The van der Waals surface area contributed by atoms with Crippen LogP contribution in [0.5, 0.6) is 0 Å². The largest absolute Gasteiger partial charge is 0.353 e. The van der Waals surface area contributed by atoms with Crippen molar-refractivity contribution in [2.45, 2.75) is 32.2 Å². The highest BCUT2D eigenvalue weighted by Crippen LogP contribution is 2.18. The van der Waals surface area contributed by atoms with Gasteiger partial charge in [0.25, 0.3) is 0 Å². The van der Waals surface area contributed by atoms with E-state index in [9.17, 15) is 4.79 Å². The van der Waals surface area contributed by atoms with Gasteiger partial charge < -0.3 is 10.2 Å². The number of nitrogens with one attached hydrogen (secondary N) is 1. The third-order valence-electron chi connectivity index (χ3n) is 3.02. The highest BCUT2D eigenvalue weighted by atomic mass is 35.5. The number of nitrogens with zero attached hydrogens (tertiary/aromatic N) is 3. The van der Waals surface area contributed by atoms with Crippen LogP contribution < -0.4 is 10.2 Å². The van der Waals surface area contributed by atoms with E-state index in [-0.39, 0.29) is 11.9 Å². The van der Waals surface area contributed by atoms with Gasteiger partial charge in [-0.1, -0.05) is 18.5 Å². The second kappa shape index (κ2) is 6.00. The highest BCUT2D eigenvalue weighted by Gasteiger charge is 2.22. The van der Waals surface area contributed by atoms with Crippen LogP contribution in [0.2, 0.25) is 5.15 Å². The molecule has 0 bridgehead atoms. The van der Waals surface area contributed by atoms with Crippen LogP contribution in [0, 0.1) is 0 Å². The van der Waals surface area contributed by atoms with Crippen LogP contribution in [0.25, 0.3) is 0 Å². The van der Waals surface area contributed by atoms with E-state index in [1.165, 1.54) is 6.20 Å². The van der Waals surface area contributed by atoms with E-state index in [1.54, 1.807) is 6.20 Å². The highest BCUT2D eigenvalue weighted by molar-refractivity contribution is 6.29. The van der Waals surface area contributed by atoms with Gasteiger partial charge in [-0.2, -0.15) is 0 Å². The maximum absolute atomic E-state index is 11.4. The molecule has 0 radical (unpaired) electrons. The van der Waals surface area contributed by atoms with Crippen molar-refractivity contribution in [3.8, 4) is 0 Å². The molecule has 18 heavy (non-hydrogen) atoms.